The summed E-state index contributed by atoms with van der Waals surface area (Å²) in [5.74, 6) is 1.27. The second kappa shape index (κ2) is 8.96. The number of hydrogen-bond donors (Lipinski definition) is 2. The summed E-state index contributed by atoms with van der Waals surface area (Å²) in [6.07, 6.45) is 3.71. The summed E-state index contributed by atoms with van der Waals surface area (Å²) < 4.78 is 0. The zero-order chi connectivity index (χ0) is 19.3. The van der Waals surface area contributed by atoms with E-state index in [1.165, 1.54) is 18.5 Å². The zero-order valence-electron chi connectivity index (χ0n) is 17.2. The molecule has 5 nitrogen and oxygen atoms in total. The number of rotatable bonds is 6. The number of carbonyl (C=O) groups excluding carboxylic acids is 1. The lowest BCUT2D eigenvalue weighted by molar-refractivity contribution is 0.0724. The Kier molecular flexibility index (Phi) is 6.64. The van der Waals surface area contributed by atoms with E-state index in [4.69, 9.17) is 0 Å². The molecule has 2 aliphatic heterocycles. The van der Waals surface area contributed by atoms with Crippen LogP contribution in [0.5, 0.6) is 0 Å². The van der Waals surface area contributed by atoms with Crippen molar-refractivity contribution in [1.29, 1.82) is 0 Å². The molecule has 2 amide bonds. The highest BCUT2D eigenvalue weighted by Gasteiger charge is 2.30. The van der Waals surface area contributed by atoms with Gasteiger partial charge in [-0.1, -0.05) is 25.1 Å². The summed E-state index contributed by atoms with van der Waals surface area (Å²) in [7, 11) is 0. The molecule has 2 N–H and O–H groups in total. The van der Waals surface area contributed by atoms with E-state index in [9.17, 15) is 4.79 Å². The van der Waals surface area contributed by atoms with Gasteiger partial charge in [0.15, 0.2) is 0 Å². The Bertz CT molecular complexity index is 604. The first-order chi connectivity index (χ1) is 12.9. The molecule has 0 bridgehead atoms. The molecule has 0 aromatic heterocycles. The predicted octanol–water partition coefficient (Wildman–Crippen LogP) is 3.32. The summed E-state index contributed by atoms with van der Waals surface area (Å²) in [6, 6.07) is 10.5. The van der Waals surface area contributed by atoms with E-state index in [0.29, 0.717) is 12.5 Å². The monoisotopic (exact) mass is 372 g/mol. The molecule has 2 heterocycles. The second-order valence-corrected chi connectivity index (χ2v) is 9.01. The summed E-state index contributed by atoms with van der Waals surface area (Å²) >= 11 is 0. The Morgan fingerprint density at radius 2 is 1.89 bits per heavy atom. The maximum atomic E-state index is 12.3. The molecule has 5 heteroatoms. The van der Waals surface area contributed by atoms with Crippen LogP contribution in [0.1, 0.15) is 40.0 Å². The largest absolute Gasteiger partial charge is 0.371 e. The van der Waals surface area contributed by atoms with Crippen molar-refractivity contribution >= 4 is 11.7 Å². The molecule has 27 heavy (non-hydrogen) atoms. The van der Waals surface area contributed by atoms with Crippen molar-refractivity contribution in [2.45, 2.75) is 45.6 Å². The molecule has 2 saturated heterocycles. The fourth-order valence-corrected chi connectivity index (χ4v) is 4.32. The average molecular weight is 373 g/mol. The Balaban J connectivity index is 1.37. The van der Waals surface area contributed by atoms with Crippen LogP contribution in [0, 0.1) is 11.8 Å². The highest BCUT2D eigenvalue weighted by atomic mass is 16.2. The van der Waals surface area contributed by atoms with E-state index in [1.54, 1.807) is 0 Å². The summed E-state index contributed by atoms with van der Waals surface area (Å²) in [6.45, 7) is 12.6. The number of nitrogens with one attached hydrogen (secondary N) is 2. The molecule has 1 aromatic rings. The maximum absolute atomic E-state index is 12.3. The summed E-state index contributed by atoms with van der Waals surface area (Å²) in [4.78, 5) is 17.2. The van der Waals surface area contributed by atoms with Crippen LogP contribution < -0.4 is 15.5 Å². The van der Waals surface area contributed by atoms with Crippen LogP contribution in [-0.4, -0.2) is 55.7 Å². The quantitative estimate of drug-likeness (QED) is 0.805. The minimum absolute atomic E-state index is 0.00346. The van der Waals surface area contributed by atoms with E-state index in [2.05, 4.69) is 71.5 Å². The third-order valence-electron chi connectivity index (χ3n) is 6.15. The second-order valence-electron chi connectivity index (χ2n) is 9.01. The molecule has 2 aliphatic rings. The highest BCUT2D eigenvalue weighted by Crippen LogP contribution is 2.24. The third-order valence-corrected chi connectivity index (χ3v) is 6.15. The van der Waals surface area contributed by atoms with Gasteiger partial charge in [-0.3, -0.25) is 4.90 Å². The number of anilines is 1. The lowest BCUT2D eigenvalue weighted by Gasteiger charge is -2.43. The van der Waals surface area contributed by atoms with Crippen molar-refractivity contribution in [3.8, 4) is 0 Å². The smallest absolute Gasteiger partial charge is 0.314 e. The van der Waals surface area contributed by atoms with Crippen LogP contribution in [0.25, 0.3) is 0 Å². The molecule has 0 unspecified atom stereocenters. The number of hydrogen-bond acceptors (Lipinski definition) is 3. The van der Waals surface area contributed by atoms with Gasteiger partial charge in [-0.2, -0.15) is 0 Å². The van der Waals surface area contributed by atoms with Crippen molar-refractivity contribution in [1.82, 2.24) is 15.5 Å². The van der Waals surface area contributed by atoms with Gasteiger partial charge in [0.1, 0.15) is 0 Å². The van der Waals surface area contributed by atoms with Gasteiger partial charge in [0.05, 0.1) is 0 Å². The Hall–Kier alpha value is -1.75. The maximum Gasteiger partial charge on any atom is 0.314 e. The van der Waals surface area contributed by atoms with E-state index in [-0.39, 0.29) is 11.6 Å². The highest BCUT2D eigenvalue weighted by molar-refractivity contribution is 5.73. The van der Waals surface area contributed by atoms with E-state index < -0.39 is 0 Å². The van der Waals surface area contributed by atoms with Crippen LogP contribution in [-0.2, 0) is 0 Å². The van der Waals surface area contributed by atoms with Crippen molar-refractivity contribution in [3.05, 3.63) is 30.3 Å². The molecule has 2 fully saturated rings. The van der Waals surface area contributed by atoms with Gasteiger partial charge in [0.25, 0.3) is 0 Å². The molecular formula is C22H36N4O. The number of amides is 2. The number of likely N-dealkylation sites (tertiary alicyclic amines) is 1. The van der Waals surface area contributed by atoms with Gasteiger partial charge >= 0.3 is 6.03 Å². The minimum atomic E-state index is -0.0358. The summed E-state index contributed by atoms with van der Waals surface area (Å²) in [5, 5.41) is 6.18. The molecule has 3 rings (SSSR count). The standard InChI is InChI=1S/C22H36N4O/c1-18-8-7-12-26(15-18)22(2,3)17-24-21(27)23-14-19-11-13-25(16-19)20-9-5-4-6-10-20/h4-6,9-10,18-19H,7-8,11-17H2,1-3H3,(H2,23,24,27)/t18-,19+/m0/s1. The van der Waals surface area contributed by atoms with Crippen molar-refractivity contribution in [2.24, 2.45) is 11.8 Å². The average Bonchev–Trinajstić information content (AvgIpc) is 3.15. The molecule has 150 valence electrons. The molecule has 0 aliphatic carbocycles. The topological polar surface area (TPSA) is 47.6 Å². The fourth-order valence-electron chi connectivity index (χ4n) is 4.32. The number of carbonyl (C=O) groups is 1. The number of benzene rings is 1. The third kappa shape index (κ3) is 5.61. The molecule has 0 radical (unpaired) electrons. The number of piperidine rings is 1. The summed E-state index contributed by atoms with van der Waals surface area (Å²) in [5.41, 5.74) is 1.28. The van der Waals surface area contributed by atoms with Gasteiger partial charge in [-0.15, -0.1) is 0 Å². The van der Waals surface area contributed by atoms with E-state index >= 15 is 0 Å². The van der Waals surface area contributed by atoms with Crippen molar-refractivity contribution in [3.63, 3.8) is 0 Å². The van der Waals surface area contributed by atoms with Gasteiger partial charge in [0, 0.05) is 44.0 Å². The molecule has 2 atom stereocenters. The van der Waals surface area contributed by atoms with Crippen LogP contribution in [0.3, 0.4) is 0 Å². The fraction of sp³-hybridized carbons (Fsp3) is 0.682. The Labute approximate surface area is 164 Å². The van der Waals surface area contributed by atoms with Crippen molar-refractivity contribution < 1.29 is 4.79 Å². The van der Waals surface area contributed by atoms with E-state index in [0.717, 1.165) is 45.1 Å². The van der Waals surface area contributed by atoms with Crippen LogP contribution in [0.15, 0.2) is 30.3 Å². The first kappa shape index (κ1) is 20.0. The molecule has 0 spiro atoms. The number of nitrogens with zero attached hydrogens (tertiary/aromatic N) is 2. The lowest BCUT2D eigenvalue weighted by atomic mass is 9.93. The van der Waals surface area contributed by atoms with Crippen LogP contribution in [0.4, 0.5) is 10.5 Å². The lowest BCUT2D eigenvalue weighted by Crippen LogP contribution is -2.55. The zero-order valence-corrected chi connectivity index (χ0v) is 17.2. The molecule has 1 aromatic carbocycles. The van der Waals surface area contributed by atoms with Gasteiger partial charge in [-0.25, -0.2) is 4.79 Å². The number of urea groups is 1. The first-order valence-electron chi connectivity index (χ1n) is 10.5. The van der Waals surface area contributed by atoms with Gasteiger partial charge in [-0.05, 0) is 63.6 Å². The van der Waals surface area contributed by atoms with Crippen molar-refractivity contribution in [2.75, 3.05) is 44.2 Å². The number of para-hydroxylation sites is 1. The SMILES string of the molecule is C[C@H]1CCCN(C(C)(C)CNC(=O)NC[C@H]2CCN(c3ccccc3)C2)C1. The molecular weight excluding hydrogens is 336 g/mol. The van der Waals surface area contributed by atoms with Crippen LogP contribution >= 0.6 is 0 Å². The Morgan fingerprint density at radius 1 is 1.11 bits per heavy atom. The van der Waals surface area contributed by atoms with Crippen LogP contribution in [0.2, 0.25) is 0 Å². The van der Waals surface area contributed by atoms with Gasteiger partial charge in [0.2, 0.25) is 0 Å². The minimum Gasteiger partial charge on any atom is -0.371 e. The normalized spacial score (nSPS) is 24.0. The predicted molar refractivity (Wildman–Crippen MR) is 112 cm³/mol. The van der Waals surface area contributed by atoms with Gasteiger partial charge < -0.3 is 15.5 Å². The van der Waals surface area contributed by atoms with E-state index in [1.807, 2.05) is 0 Å². The Morgan fingerprint density at radius 3 is 2.63 bits per heavy atom. The molecule has 0 saturated carbocycles. The first-order valence-corrected chi connectivity index (χ1v) is 10.5.